The van der Waals surface area contributed by atoms with Crippen LogP contribution in [0.3, 0.4) is 0 Å². The fourth-order valence-electron chi connectivity index (χ4n) is 1.95. The number of halogens is 1. The molecule has 1 aromatic heterocycles. The summed E-state index contributed by atoms with van der Waals surface area (Å²) in [6.07, 6.45) is 3.61. The molecule has 0 radical (unpaired) electrons. The fourth-order valence-corrected chi connectivity index (χ4v) is 4.14. The SMILES string of the molecule is CCc1ccc(NC(=O)/C=C/c2ccc(Br)s2)cc1S(N)(=O)=O. The normalized spacial score (nSPS) is 11.8. The van der Waals surface area contributed by atoms with Gasteiger partial charge in [-0.1, -0.05) is 13.0 Å². The van der Waals surface area contributed by atoms with Crippen LogP contribution >= 0.6 is 27.3 Å². The van der Waals surface area contributed by atoms with Crippen LogP contribution in [0.2, 0.25) is 0 Å². The zero-order valence-corrected chi connectivity index (χ0v) is 15.5. The molecule has 0 saturated heterocycles. The van der Waals surface area contributed by atoms with E-state index >= 15 is 0 Å². The third kappa shape index (κ3) is 5.00. The van der Waals surface area contributed by atoms with Gasteiger partial charge >= 0.3 is 0 Å². The summed E-state index contributed by atoms with van der Waals surface area (Å²) < 4.78 is 24.2. The van der Waals surface area contributed by atoms with Crippen molar-refractivity contribution in [3.05, 3.63) is 50.6 Å². The number of rotatable bonds is 5. The molecule has 0 atom stereocenters. The molecule has 2 aromatic rings. The summed E-state index contributed by atoms with van der Waals surface area (Å²) in [4.78, 5) is 12.9. The lowest BCUT2D eigenvalue weighted by Gasteiger charge is -2.09. The molecule has 0 bridgehead atoms. The van der Waals surface area contributed by atoms with Crippen LogP contribution in [-0.2, 0) is 21.2 Å². The van der Waals surface area contributed by atoms with Gasteiger partial charge < -0.3 is 5.32 Å². The Morgan fingerprint density at radius 2 is 2.09 bits per heavy atom. The number of nitrogens with two attached hydrogens (primary N) is 1. The van der Waals surface area contributed by atoms with E-state index in [4.69, 9.17) is 5.14 Å². The molecule has 3 N–H and O–H groups in total. The van der Waals surface area contributed by atoms with E-state index in [0.717, 1.165) is 8.66 Å². The molecule has 0 aliphatic carbocycles. The third-order valence-corrected chi connectivity index (χ3v) is 5.60. The lowest BCUT2D eigenvalue weighted by molar-refractivity contribution is -0.111. The highest BCUT2D eigenvalue weighted by Gasteiger charge is 2.14. The predicted molar refractivity (Wildman–Crippen MR) is 96.9 cm³/mol. The van der Waals surface area contributed by atoms with Gasteiger partial charge in [0.2, 0.25) is 15.9 Å². The topological polar surface area (TPSA) is 89.3 Å². The molecule has 5 nitrogen and oxygen atoms in total. The van der Waals surface area contributed by atoms with Crippen molar-refractivity contribution in [2.24, 2.45) is 5.14 Å². The Bertz CT molecular complexity index is 857. The fraction of sp³-hybridized carbons (Fsp3) is 0.133. The predicted octanol–water partition coefficient (Wildman–Crippen LogP) is 3.37. The highest BCUT2D eigenvalue weighted by atomic mass is 79.9. The molecule has 2 rings (SSSR count). The monoisotopic (exact) mass is 414 g/mol. The summed E-state index contributed by atoms with van der Waals surface area (Å²) >= 11 is 4.85. The Labute approximate surface area is 147 Å². The standard InChI is InChI=1S/C15H15BrN2O3S2/c1-2-10-3-4-11(9-13(10)23(17,20)21)18-15(19)8-6-12-5-7-14(16)22-12/h3-9H,2H2,1H3,(H,18,19)(H2,17,20,21)/b8-6+. The minimum atomic E-state index is -3.83. The largest absolute Gasteiger partial charge is 0.322 e. The van der Waals surface area contributed by atoms with Crippen molar-refractivity contribution in [2.45, 2.75) is 18.2 Å². The second-order valence-corrected chi connectivity index (χ2v) is 8.71. The minimum absolute atomic E-state index is 0.0315. The van der Waals surface area contributed by atoms with Crippen LogP contribution in [0.1, 0.15) is 17.4 Å². The Hall–Kier alpha value is -1.48. The van der Waals surface area contributed by atoms with Crippen LogP contribution in [0.25, 0.3) is 6.08 Å². The van der Waals surface area contributed by atoms with E-state index in [-0.39, 0.29) is 10.8 Å². The molecule has 1 amide bonds. The van der Waals surface area contributed by atoms with Crippen LogP contribution in [0.5, 0.6) is 0 Å². The second-order valence-electron chi connectivity index (χ2n) is 4.69. The van der Waals surface area contributed by atoms with Crippen molar-refractivity contribution in [2.75, 3.05) is 5.32 Å². The molecule has 0 aliphatic rings. The van der Waals surface area contributed by atoms with Gasteiger partial charge in [-0.25, -0.2) is 13.6 Å². The number of carbonyl (C=O) groups is 1. The summed E-state index contributed by atoms with van der Waals surface area (Å²) in [7, 11) is -3.83. The van der Waals surface area contributed by atoms with Gasteiger partial charge in [-0.3, -0.25) is 4.79 Å². The zero-order valence-electron chi connectivity index (χ0n) is 12.2. The van der Waals surface area contributed by atoms with E-state index in [1.165, 1.54) is 23.5 Å². The molecule has 1 heterocycles. The number of hydrogen-bond donors (Lipinski definition) is 2. The maximum absolute atomic E-state index is 11.9. The lowest BCUT2D eigenvalue weighted by atomic mass is 10.1. The summed E-state index contributed by atoms with van der Waals surface area (Å²) in [5.41, 5.74) is 0.998. The number of sulfonamides is 1. The average Bonchev–Trinajstić information content (AvgIpc) is 2.90. The van der Waals surface area contributed by atoms with Crippen LogP contribution in [0.15, 0.2) is 45.1 Å². The molecular weight excluding hydrogens is 400 g/mol. The number of hydrogen-bond acceptors (Lipinski definition) is 4. The van der Waals surface area contributed by atoms with Gasteiger partial charge in [0.15, 0.2) is 0 Å². The molecule has 0 unspecified atom stereocenters. The smallest absolute Gasteiger partial charge is 0.248 e. The van der Waals surface area contributed by atoms with Gasteiger partial charge in [0.05, 0.1) is 8.68 Å². The molecule has 0 aliphatic heterocycles. The highest BCUT2D eigenvalue weighted by molar-refractivity contribution is 9.11. The Kier molecular flexibility index (Phi) is 5.74. The van der Waals surface area contributed by atoms with Crippen molar-refractivity contribution in [1.82, 2.24) is 0 Å². The van der Waals surface area contributed by atoms with E-state index in [9.17, 15) is 13.2 Å². The summed E-state index contributed by atoms with van der Waals surface area (Å²) in [6, 6.07) is 8.45. The molecule has 0 spiro atoms. The van der Waals surface area contributed by atoms with Crippen LogP contribution < -0.4 is 10.5 Å². The van der Waals surface area contributed by atoms with Crippen molar-refractivity contribution in [1.29, 1.82) is 0 Å². The maximum atomic E-state index is 11.9. The van der Waals surface area contributed by atoms with Crippen molar-refractivity contribution < 1.29 is 13.2 Å². The van der Waals surface area contributed by atoms with Gasteiger partial charge in [0.25, 0.3) is 0 Å². The van der Waals surface area contributed by atoms with Crippen LogP contribution in [-0.4, -0.2) is 14.3 Å². The van der Waals surface area contributed by atoms with E-state index in [1.807, 2.05) is 19.1 Å². The Morgan fingerprint density at radius 1 is 1.35 bits per heavy atom. The van der Waals surface area contributed by atoms with Crippen molar-refractivity contribution >= 4 is 55.0 Å². The maximum Gasteiger partial charge on any atom is 0.248 e. The Balaban J connectivity index is 2.16. The average molecular weight is 415 g/mol. The molecule has 122 valence electrons. The first-order valence-electron chi connectivity index (χ1n) is 6.69. The van der Waals surface area contributed by atoms with Crippen LogP contribution in [0.4, 0.5) is 5.69 Å². The van der Waals surface area contributed by atoms with Gasteiger partial charge in [-0.05, 0) is 58.3 Å². The third-order valence-electron chi connectivity index (χ3n) is 3.02. The zero-order chi connectivity index (χ0) is 17.0. The number of carbonyl (C=O) groups excluding carboxylic acids is 1. The molecule has 8 heteroatoms. The second kappa shape index (κ2) is 7.39. The molecular formula is C15H15BrN2O3S2. The number of anilines is 1. The van der Waals surface area contributed by atoms with Crippen molar-refractivity contribution in [3.63, 3.8) is 0 Å². The quantitative estimate of drug-likeness (QED) is 0.734. The minimum Gasteiger partial charge on any atom is -0.322 e. The Morgan fingerprint density at radius 3 is 2.65 bits per heavy atom. The van der Waals surface area contributed by atoms with E-state index in [0.29, 0.717) is 17.7 Å². The number of thiophene rings is 1. The first-order chi connectivity index (χ1) is 10.8. The molecule has 23 heavy (non-hydrogen) atoms. The molecule has 0 saturated carbocycles. The van der Waals surface area contributed by atoms with E-state index in [2.05, 4.69) is 21.2 Å². The summed E-state index contributed by atoms with van der Waals surface area (Å²) in [6.45, 7) is 1.84. The number of aryl methyl sites for hydroxylation is 1. The van der Waals surface area contributed by atoms with E-state index in [1.54, 1.807) is 18.2 Å². The highest BCUT2D eigenvalue weighted by Crippen LogP contribution is 2.23. The number of nitrogens with one attached hydrogen (secondary N) is 1. The van der Waals surface area contributed by atoms with E-state index < -0.39 is 10.0 Å². The number of primary sulfonamides is 1. The van der Waals surface area contributed by atoms with Gasteiger partial charge in [-0.15, -0.1) is 11.3 Å². The number of benzene rings is 1. The first kappa shape index (κ1) is 17.9. The van der Waals surface area contributed by atoms with Gasteiger partial charge in [-0.2, -0.15) is 0 Å². The molecule has 1 aromatic carbocycles. The van der Waals surface area contributed by atoms with Crippen LogP contribution in [0, 0.1) is 0 Å². The van der Waals surface area contributed by atoms with Gasteiger partial charge in [0, 0.05) is 16.6 Å². The van der Waals surface area contributed by atoms with Gasteiger partial charge in [0.1, 0.15) is 0 Å². The lowest BCUT2D eigenvalue weighted by Crippen LogP contribution is -2.15. The number of amides is 1. The summed E-state index contributed by atoms with van der Waals surface area (Å²) in [5, 5.41) is 7.84. The molecule has 0 fully saturated rings. The summed E-state index contributed by atoms with van der Waals surface area (Å²) in [5.74, 6) is -0.348. The van der Waals surface area contributed by atoms with Crippen molar-refractivity contribution in [3.8, 4) is 0 Å². The first-order valence-corrected chi connectivity index (χ1v) is 9.85.